The van der Waals surface area contributed by atoms with Gasteiger partial charge in [0.15, 0.2) is 0 Å². The summed E-state index contributed by atoms with van der Waals surface area (Å²) in [6.07, 6.45) is 1.02. The number of hydrogen-bond acceptors (Lipinski definition) is 3. The van der Waals surface area contributed by atoms with Crippen molar-refractivity contribution in [2.24, 2.45) is 5.73 Å². The molecule has 0 aliphatic carbocycles. The Labute approximate surface area is 115 Å². The second kappa shape index (κ2) is 7.34. The molecule has 0 fully saturated rings. The van der Waals surface area contributed by atoms with Crippen LogP contribution in [0.1, 0.15) is 25.8 Å². The van der Waals surface area contributed by atoms with Crippen molar-refractivity contribution in [3.8, 4) is 5.75 Å². The highest BCUT2D eigenvalue weighted by Gasteiger charge is 2.02. The lowest BCUT2D eigenvalue weighted by molar-refractivity contribution is 0.234. The first-order valence-corrected chi connectivity index (χ1v) is 6.64. The summed E-state index contributed by atoms with van der Waals surface area (Å²) in [7, 11) is 2.13. The predicted molar refractivity (Wildman–Crippen MR) is 80.2 cm³/mol. The van der Waals surface area contributed by atoms with Gasteiger partial charge in [-0.2, -0.15) is 0 Å². The molecule has 1 rings (SSSR count). The quantitative estimate of drug-likeness (QED) is 0.607. The average Bonchev–Trinajstić information content (AvgIpc) is 2.34. The highest BCUT2D eigenvalue weighted by molar-refractivity contribution is 7.80. The van der Waals surface area contributed by atoms with Crippen molar-refractivity contribution in [1.29, 1.82) is 0 Å². The molecule has 1 aromatic carbocycles. The average molecular weight is 266 g/mol. The van der Waals surface area contributed by atoms with Crippen LogP contribution in [-0.2, 0) is 0 Å². The van der Waals surface area contributed by atoms with Crippen molar-refractivity contribution in [2.75, 3.05) is 20.2 Å². The summed E-state index contributed by atoms with van der Waals surface area (Å²) >= 11 is 4.90. The fourth-order valence-electron chi connectivity index (χ4n) is 1.48. The monoisotopic (exact) mass is 266 g/mol. The third-order valence-corrected chi connectivity index (χ3v) is 3.18. The maximum Gasteiger partial charge on any atom is 0.119 e. The number of thiocarbonyl (C=S) groups is 1. The van der Waals surface area contributed by atoms with Gasteiger partial charge in [0.1, 0.15) is 10.7 Å². The zero-order chi connectivity index (χ0) is 13.5. The zero-order valence-corrected chi connectivity index (χ0v) is 12.2. The Morgan fingerprint density at radius 2 is 1.94 bits per heavy atom. The molecule has 0 aliphatic heterocycles. The molecule has 0 heterocycles. The van der Waals surface area contributed by atoms with Gasteiger partial charge in [-0.1, -0.05) is 12.2 Å². The van der Waals surface area contributed by atoms with Crippen LogP contribution in [0.5, 0.6) is 5.75 Å². The molecule has 0 bridgehead atoms. The molecule has 0 unspecified atom stereocenters. The lowest BCUT2D eigenvalue weighted by atomic mass is 10.2. The molecule has 1 aromatic rings. The SMILES string of the molecule is CC(C)N(C)CCCOc1ccc(C(N)=S)cc1. The van der Waals surface area contributed by atoms with Gasteiger partial charge >= 0.3 is 0 Å². The minimum atomic E-state index is 0.417. The number of ether oxygens (including phenoxy) is 1. The number of nitrogens with zero attached hydrogens (tertiary/aromatic N) is 1. The molecular formula is C14H22N2OS. The molecule has 3 nitrogen and oxygen atoms in total. The number of nitrogens with two attached hydrogens (primary N) is 1. The van der Waals surface area contributed by atoms with Crippen LogP contribution in [0.25, 0.3) is 0 Å². The molecule has 0 aromatic heterocycles. The molecule has 0 aliphatic rings. The van der Waals surface area contributed by atoms with Crippen molar-refractivity contribution in [1.82, 2.24) is 4.90 Å². The maximum atomic E-state index is 5.66. The summed E-state index contributed by atoms with van der Waals surface area (Å²) in [6, 6.07) is 8.16. The molecule has 0 amide bonds. The number of rotatable bonds is 7. The summed E-state index contributed by atoms with van der Waals surface area (Å²) in [5, 5.41) is 0. The van der Waals surface area contributed by atoms with Crippen molar-refractivity contribution >= 4 is 17.2 Å². The highest BCUT2D eigenvalue weighted by atomic mass is 32.1. The van der Waals surface area contributed by atoms with E-state index in [1.54, 1.807) is 0 Å². The van der Waals surface area contributed by atoms with Crippen molar-refractivity contribution in [2.45, 2.75) is 26.3 Å². The van der Waals surface area contributed by atoms with E-state index >= 15 is 0 Å². The van der Waals surface area contributed by atoms with Gasteiger partial charge < -0.3 is 15.4 Å². The molecule has 0 saturated heterocycles. The largest absolute Gasteiger partial charge is 0.494 e. The minimum Gasteiger partial charge on any atom is -0.494 e. The summed E-state index contributed by atoms with van der Waals surface area (Å²) in [5.41, 5.74) is 6.40. The molecule has 2 N–H and O–H groups in total. The smallest absolute Gasteiger partial charge is 0.119 e. The first kappa shape index (κ1) is 14.9. The van der Waals surface area contributed by atoms with Gasteiger partial charge in [-0.05, 0) is 51.6 Å². The van der Waals surface area contributed by atoms with Crippen LogP contribution < -0.4 is 10.5 Å². The van der Waals surface area contributed by atoms with Gasteiger partial charge in [0, 0.05) is 18.2 Å². The third-order valence-electron chi connectivity index (χ3n) is 2.94. The van der Waals surface area contributed by atoms with Crippen LogP contribution in [0, 0.1) is 0 Å². The first-order valence-electron chi connectivity index (χ1n) is 6.23. The topological polar surface area (TPSA) is 38.5 Å². The van der Waals surface area contributed by atoms with E-state index in [0.29, 0.717) is 11.0 Å². The molecule has 100 valence electrons. The van der Waals surface area contributed by atoms with Crippen LogP contribution >= 0.6 is 12.2 Å². The molecular weight excluding hydrogens is 244 g/mol. The summed E-state index contributed by atoms with van der Waals surface area (Å²) in [5.74, 6) is 0.863. The number of benzene rings is 1. The zero-order valence-electron chi connectivity index (χ0n) is 11.3. The van der Waals surface area contributed by atoms with Crippen molar-refractivity contribution in [3.05, 3.63) is 29.8 Å². The molecule has 0 saturated carbocycles. The fraction of sp³-hybridized carbons (Fsp3) is 0.500. The Kier molecular flexibility index (Phi) is 6.09. The molecule has 0 spiro atoms. The Hall–Kier alpha value is -1.13. The lowest BCUT2D eigenvalue weighted by Crippen LogP contribution is -2.28. The van der Waals surface area contributed by atoms with Gasteiger partial charge in [0.25, 0.3) is 0 Å². The van der Waals surface area contributed by atoms with E-state index in [2.05, 4.69) is 25.8 Å². The van der Waals surface area contributed by atoms with Gasteiger partial charge in [0.05, 0.1) is 6.61 Å². The van der Waals surface area contributed by atoms with Crippen LogP contribution in [0.2, 0.25) is 0 Å². The van der Waals surface area contributed by atoms with Crippen molar-refractivity contribution in [3.63, 3.8) is 0 Å². The van der Waals surface area contributed by atoms with E-state index in [1.165, 1.54) is 0 Å². The van der Waals surface area contributed by atoms with E-state index in [-0.39, 0.29) is 0 Å². The molecule has 0 radical (unpaired) electrons. The third kappa shape index (κ3) is 5.02. The fourth-order valence-corrected chi connectivity index (χ4v) is 1.61. The molecule has 4 heteroatoms. The van der Waals surface area contributed by atoms with Crippen LogP contribution in [0.4, 0.5) is 0 Å². The Balaban J connectivity index is 2.29. The maximum absolute atomic E-state index is 5.66. The normalized spacial score (nSPS) is 10.9. The lowest BCUT2D eigenvalue weighted by Gasteiger charge is -2.20. The van der Waals surface area contributed by atoms with E-state index in [0.717, 1.165) is 30.9 Å². The van der Waals surface area contributed by atoms with Crippen LogP contribution in [0.3, 0.4) is 0 Å². The van der Waals surface area contributed by atoms with E-state index in [9.17, 15) is 0 Å². The standard InChI is InChI=1S/C14H22N2OS/c1-11(2)16(3)9-4-10-17-13-7-5-12(6-8-13)14(15)18/h5-8,11H,4,9-10H2,1-3H3,(H2,15,18). The number of hydrogen-bond donors (Lipinski definition) is 1. The van der Waals surface area contributed by atoms with Crippen molar-refractivity contribution < 1.29 is 4.74 Å². The summed E-state index contributed by atoms with van der Waals surface area (Å²) in [4.78, 5) is 2.72. The molecule has 0 atom stereocenters. The Morgan fingerprint density at radius 1 is 1.33 bits per heavy atom. The Morgan fingerprint density at radius 3 is 2.44 bits per heavy atom. The van der Waals surface area contributed by atoms with E-state index < -0.39 is 0 Å². The Bertz CT molecular complexity index is 376. The summed E-state index contributed by atoms with van der Waals surface area (Å²) < 4.78 is 5.66. The molecule has 18 heavy (non-hydrogen) atoms. The predicted octanol–water partition coefficient (Wildman–Crippen LogP) is 2.43. The van der Waals surface area contributed by atoms with E-state index in [4.69, 9.17) is 22.7 Å². The van der Waals surface area contributed by atoms with Gasteiger partial charge in [-0.15, -0.1) is 0 Å². The second-order valence-electron chi connectivity index (χ2n) is 4.66. The van der Waals surface area contributed by atoms with Gasteiger partial charge in [-0.3, -0.25) is 0 Å². The van der Waals surface area contributed by atoms with Crippen LogP contribution in [0.15, 0.2) is 24.3 Å². The van der Waals surface area contributed by atoms with E-state index in [1.807, 2.05) is 24.3 Å². The van der Waals surface area contributed by atoms with Crippen LogP contribution in [-0.4, -0.2) is 36.1 Å². The van der Waals surface area contributed by atoms with Gasteiger partial charge in [-0.25, -0.2) is 0 Å². The highest BCUT2D eigenvalue weighted by Crippen LogP contribution is 2.12. The minimum absolute atomic E-state index is 0.417. The van der Waals surface area contributed by atoms with Gasteiger partial charge in [0.2, 0.25) is 0 Å². The first-order chi connectivity index (χ1) is 8.50. The summed E-state index contributed by atoms with van der Waals surface area (Å²) in [6.45, 7) is 6.15. The second-order valence-corrected chi connectivity index (χ2v) is 5.10.